The number of carbonyl (C=O) groups excluding carboxylic acids is 1. The summed E-state index contributed by atoms with van der Waals surface area (Å²) in [5.74, 6) is 0.168. The molecule has 8 heteroatoms. The van der Waals surface area contributed by atoms with Gasteiger partial charge in [-0.1, -0.05) is 18.7 Å². The number of methoxy groups -OCH3 is 1. The summed E-state index contributed by atoms with van der Waals surface area (Å²) in [4.78, 5) is 30.2. The summed E-state index contributed by atoms with van der Waals surface area (Å²) in [6, 6.07) is 0. The number of amides is 1. The number of rotatable bonds is 6. The Bertz CT molecular complexity index is 668. The van der Waals surface area contributed by atoms with Crippen molar-refractivity contribution in [3.8, 4) is 0 Å². The molecule has 6 nitrogen and oxygen atoms in total. The second kappa shape index (κ2) is 7.93. The third-order valence-corrected chi connectivity index (χ3v) is 5.52. The van der Waals surface area contributed by atoms with Gasteiger partial charge < -0.3 is 10.1 Å². The van der Waals surface area contributed by atoms with Crippen molar-refractivity contribution >= 4 is 29.4 Å². The SMILES string of the molecule is COCCn1c(SCC(=O)NC(C)(C)C)nc2c(c1=O)SC(C)C2. The van der Waals surface area contributed by atoms with E-state index in [4.69, 9.17) is 4.74 Å². The van der Waals surface area contributed by atoms with Crippen LogP contribution in [0.5, 0.6) is 0 Å². The van der Waals surface area contributed by atoms with Crippen molar-refractivity contribution < 1.29 is 9.53 Å². The minimum Gasteiger partial charge on any atom is -0.383 e. The van der Waals surface area contributed by atoms with Gasteiger partial charge in [0.1, 0.15) is 0 Å². The van der Waals surface area contributed by atoms with Crippen LogP contribution in [0.1, 0.15) is 33.4 Å². The first-order chi connectivity index (χ1) is 11.2. The molecule has 0 spiro atoms. The highest BCUT2D eigenvalue weighted by atomic mass is 32.2. The highest BCUT2D eigenvalue weighted by Gasteiger charge is 2.26. The summed E-state index contributed by atoms with van der Waals surface area (Å²) in [6.45, 7) is 8.79. The van der Waals surface area contributed by atoms with Gasteiger partial charge in [-0.2, -0.15) is 0 Å². The second-order valence-electron chi connectivity index (χ2n) is 6.84. The molecule has 1 aromatic rings. The van der Waals surface area contributed by atoms with E-state index in [0.29, 0.717) is 23.6 Å². The molecule has 2 rings (SSSR count). The van der Waals surface area contributed by atoms with Crippen molar-refractivity contribution in [3.63, 3.8) is 0 Å². The number of hydrogen-bond acceptors (Lipinski definition) is 6. The van der Waals surface area contributed by atoms with E-state index < -0.39 is 0 Å². The number of nitrogens with one attached hydrogen (secondary N) is 1. The van der Waals surface area contributed by atoms with Gasteiger partial charge in [-0.15, -0.1) is 11.8 Å². The topological polar surface area (TPSA) is 73.2 Å². The largest absolute Gasteiger partial charge is 0.383 e. The van der Waals surface area contributed by atoms with Gasteiger partial charge in [-0.25, -0.2) is 4.98 Å². The predicted octanol–water partition coefficient (Wildman–Crippen LogP) is 1.93. The van der Waals surface area contributed by atoms with E-state index >= 15 is 0 Å². The molecule has 0 aliphatic carbocycles. The Kier molecular flexibility index (Phi) is 6.39. The molecule has 1 aliphatic rings. The van der Waals surface area contributed by atoms with Crippen LogP contribution in [0.3, 0.4) is 0 Å². The molecule has 0 fully saturated rings. The quantitative estimate of drug-likeness (QED) is 0.608. The molecule has 1 amide bonds. The van der Waals surface area contributed by atoms with E-state index in [1.54, 1.807) is 23.4 Å². The van der Waals surface area contributed by atoms with Gasteiger partial charge in [0.25, 0.3) is 5.56 Å². The fourth-order valence-corrected chi connectivity index (χ4v) is 4.36. The number of thioether (sulfide) groups is 2. The van der Waals surface area contributed by atoms with E-state index in [-0.39, 0.29) is 22.8 Å². The zero-order chi connectivity index (χ0) is 17.9. The van der Waals surface area contributed by atoms with Gasteiger partial charge in [0, 0.05) is 24.3 Å². The van der Waals surface area contributed by atoms with Crippen LogP contribution in [0.4, 0.5) is 0 Å². The molecular weight excluding hydrogens is 346 g/mol. The van der Waals surface area contributed by atoms with Crippen molar-refractivity contribution in [2.75, 3.05) is 19.5 Å². The Morgan fingerprint density at radius 3 is 2.83 bits per heavy atom. The number of fused-ring (bicyclic) bond motifs is 1. The van der Waals surface area contributed by atoms with Crippen LogP contribution in [-0.4, -0.2) is 45.7 Å². The normalized spacial score (nSPS) is 17.0. The molecule has 0 saturated carbocycles. The molecule has 1 unspecified atom stereocenters. The number of hydrogen-bond donors (Lipinski definition) is 1. The highest BCUT2D eigenvalue weighted by Crippen LogP contribution is 2.34. The monoisotopic (exact) mass is 371 g/mol. The second-order valence-corrected chi connectivity index (χ2v) is 9.23. The minimum atomic E-state index is -0.273. The highest BCUT2D eigenvalue weighted by molar-refractivity contribution is 8.00. The van der Waals surface area contributed by atoms with Crippen molar-refractivity contribution in [1.82, 2.24) is 14.9 Å². The lowest BCUT2D eigenvalue weighted by Crippen LogP contribution is -2.41. The first-order valence-corrected chi connectivity index (χ1v) is 9.81. The van der Waals surface area contributed by atoms with Crippen LogP contribution in [0, 0.1) is 0 Å². The summed E-state index contributed by atoms with van der Waals surface area (Å²) in [5.41, 5.74) is 0.556. The fourth-order valence-electron chi connectivity index (χ4n) is 2.41. The maximum absolute atomic E-state index is 12.7. The maximum atomic E-state index is 12.7. The molecular formula is C16H25N3O3S2. The molecule has 134 valence electrons. The Hall–Kier alpha value is -0.990. The first kappa shape index (κ1) is 19.3. The number of aromatic nitrogens is 2. The molecule has 0 bridgehead atoms. The molecule has 1 aliphatic heterocycles. The zero-order valence-electron chi connectivity index (χ0n) is 14.8. The third-order valence-electron chi connectivity index (χ3n) is 3.33. The maximum Gasteiger partial charge on any atom is 0.268 e. The summed E-state index contributed by atoms with van der Waals surface area (Å²) < 4.78 is 6.73. The van der Waals surface area contributed by atoms with Crippen LogP contribution < -0.4 is 10.9 Å². The van der Waals surface area contributed by atoms with E-state index in [0.717, 1.165) is 17.0 Å². The third kappa shape index (κ3) is 5.00. The number of nitrogens with zero attached hydrogens (tertiary/aromatic N) is 2. The Labute approximate surface area is 151 Å². The van der Waals surface area contributed by atoms with Crippen LogP contribution in [0.15, 0.2) is 14.8 Å². The van der Waals surface area contributed by atoms with E-state index in [1.165, 1.54) is 11.8 Å². The molecule has 24 heavy (non-hydrogen) atoms. The fraction of sp³-hybridized carbons (Fsp3) is 0.688. The molecule has 0 aromatic carbocycles. The van der Waals surface area contributed by atoms with Crippen LogP contribution >= 0.6 is 23.5 Å². The van der Waals surface area contributed by atoms with Crippen molar-refractivity contribution in [2.45, 2.75) is 61.5 Å². The first-order valence-electron chi connectivity index (χ1n) is 7.94. The summed E-state index contributed by atoms with van der Waals surface area (Å²) in [5, 5.41) is 3.88. The number of carbonyl (C=O) groups is 1. The van der Waals surface area contributed by atoms with Gasteiger partial charge in [0.05, 0.1) is 29.5 Å². The lowest BCUT2D eigenvalue weighted by atomic mass is 10.1. The Morgan fingerprint density at radius 1 is 1.50 bits per heavy atom. The smallest absolute Gasteiger partial charge is 0.268 e. The molecule has 1 N–H and O–H groups in total. The molecule has 2 heterocycles. The van der Waals surface area contributed by atoms with Crippen LogP contribution in [-0.2, 0) is 22.5 Å². The van der Waals surface area contributed by atoms with Gasteiger partial charge in [0.15, 0.2) is 5.16 Å². The van der Waals surface area contributed by atoms with E-state index in [2.05, 4.69) is 17.2 Å². The van der Waals surface area contributed by atoms with Crippen LogP contribution in [0.2, 0.25) is 0 Å². The molecule has 0 saturated heterocycles. The average Bonchev–Trinajstić information content (AvgIpc) is 2.83. The predicted molar refractivity (Wildman–Crippen MR) is 98.0 cm³/mol. The lowest BCUT2D eigenvalue weighted by molar-refractivity contribution is -0.119. The zero-order valence-corrected chi connectivity index (χ0v) is 16.5. The molecule has 1 atom stereocenters. The van der Waals surface area contributed by atoms with Gasteiger partial charge in [0.2, 0.25) is 5.91 Å². The van der Waals surface area contributed by atoms with Crippen molar-refractivity contribution in [3.05, 3.63) is 16.0 Å². The van der Waals surface area contributed by atoms with Crippen LogP contribution in [0.25, 0.3) is 0 Å². The lowest BCUT2D eigenvalue weighted by Gasteiger charge is -2.20. The minimum absolute atomic E-state index is 0.0230. The standard InChI is InChI=1S/C16H25N3O3S2/c1-10-8-11-13(24-10)14(21)19(6-7-22-5)15(17-11)23-9-12(20)18-16(2,3)4/h10H,6-9H2,1-5H3,(H,18,20). The van der Waals surface area contributed by atoms with Crippen molar-refractivity contribution in [1.29, 1.82) is 0 Å². The Morgan fingerprint density at radius 2 is 2.21 bits per heavy atom. The van der Waals surface area contributed by atoms with Gasteiger partial charge in [-0.3, -0.25) is 14.2 Å². The van der Waals surface area contributed by atoms with E-state index in [1.807, 2.05) is 20.8 Å². The van der Waals surface area contributed by atoms with Crippen molar-refractivity contribution in [2.24, 2.45) is 0 Å². The van der Waals surface area contributed by atoms with Gasteiger partial charge in [-0.05, 0) is 20.8 Å². The number of ether oxygens (including phenoxy) is 1. The summed E-state index contributed by atoms with van der Waals surface area (Å²) >= 11 is 2.88. The molecule has 1 aromatic heterocycles. The molecule has 0 radical (unpaired) electrons. The summed E-state index contributed by atoms with van der Waals surface area (Å²) in [6.07, 6.45) is 0.794. The van der Waals surface area contributed by atoms with Gasteiger partial charge >= 0.3 is 0 Å². The Balaban J connectivity index is 2.21. The summed E-state index contributed by atoms with van der Waals surface area (Å²) in [7, 11) is 1.60. The average molecular weight is 372 g/mol. The van der Waals surface area contributed by atoms with E-state index in [9.17, 15) is 9.59 Å².